The van der Waals surface area contributed by atoms with Crippen molar-refractivity contribution in [2.75, 3.05) is 6.61 Å². The fraction of sp³-hybridized carbons (Fsp3) is 0.545. The minimum Gasteiger partial charge on any atom is -0.465 e. The van der Waals surface area contributed by atoms with Gasteiger partial charge in [0.2, 0.25) is 0 Å². The van der Waals surface area contributed by atoms with E-state index >= 15 is 0 Å². The van der Waals surface area contributed by atoms with E-state index in [-0.39, 0.29) is 0 Å². The van der Waals surface area contributed by atoms with Crippen LogP contribution in [0.5, 0.6) is 0 Å². The normalized spacial score (nSPS) is 31.6. The molecule has 78 valence electrons. The summed E-state index contributed by atoms with van der Waals surface area (Å²) in [6, 6.07) is 0. The van der Waals surface area contributed by atoms with E-state index in [2.05, 4.69) is 6.58 Å². The van der Waals surface area contributed by atoms with Crippen molar-refractivity contribution in [1.29, 1.82) is 0 Å². The summed E-state index contributed by atoms with van der Waals surface area (Å²) in [4.78, 5) is 11.7. The molecule has 1 aliphatic carbocycles. The van der Waals surface area contributed by atoms with E-state index < -0.39 is 17.5 Å². The molecule has 0 saturated heterocycles. The molecule has 3 heteroatoms. The Morgan fingerprint density at radius 2 is 2.50 bits per heavy atom. The zero-order chi connectivity index (χ0) is 10.8. The number of carbonyl (C=O) groups is 1. The van der Waals surface area contributed by atoms with E-state index in [1.54, 1.807) is 19.9 Å². The maximum Gasteiger partial charge on any atom is 0.318 e. The average Bonchev–Trinajstić information content (AvgIpc) is 2.14. The minimum atomic E-state index is -0.981. The maximum atomic E-state index is 11.7. The lowest BCUT2D eigenvalue weighted by Gasteiger charge is -2.34. The molecule has 1 aliphatic rings. The summed E-state index contributed by atoms with van der Waals surface area (Å²) in [5.74, 6) is -0.401. The van der Waals surface area contributed by atoms with Crippen LogP contribution in [0.25, 0.3) is 0 Å². The van der Waals surface area contributed by atoms with Crippen molar-refractivity contribution in [3.63, 3.8) is 0 Å². The van der Waals surface area contributed by atoms with Gasteiger partial charge in [-0.1, -0.05) is 24.3 Å². The van der Waals surface area contributed by atoms with Crippen molar-refractivity contribution in [1.82, 2.24) is 0 Å². The zero-order valence-electron chi connectivity index (χ0n) is 8.62. The molecule has 0 bridgehead atoms. The number of rotatable bonds is 2. The zero-order valence-corrected chi connectivity index (χ0v) is 8.62. The smallest absolute Gasteiger partial charge is 0.318 e. The highest BCUT2D eigenvalue weighted by atomic mass is 16.5. The lowest BCUT2D eigenvalue weighted by Crippen LogP contribution is -2.43. The van der Waals surface area contributed by atoms with Crippen molar-refractivity contribution in [2.24, 2.45) is 5.41 Å². The Bertz CT molecular complexity index is 280. The summed E-state index contributed by atoms with van der Waals surface area (Å²) in [5.41, 5.74) is -0.281. The van der Waals surface area contributed by atoms with E-state index in [1.807, 2.05) is 6.08 Å². The molecule has 0 unspecified atom stereocenters. The second-order valence-corrected chi connectivity index (χ2v) is 3.60. The summed E-state index contributed by atoms with van der Waals surface area (Å²) in [6.45, 7) is 7.54. The predicted octanol–water partition coefficient (Wildman–Crippen LogP) is 1.43. The van der Waals surface area contributed by atoms with Gasteiger partial charge in [0.1, 0.15) is 5.41 Å². The first kappa shape index (κ1) is 11.0. The number of esters is 1. The van der Waals surface area contributed by atoms with Gasteiger partial charge in [0.05, 0.1) is 12.7 Å². The third-order valence-electron chi connectivity index (χ3n) is 2.71. The summed E-state index contributed by atoms with van der Waals surface area (Å²) >= 11 is 0. The summed E-state index contributed by atoms with van der Waals surface area (Å²) < 4.78 is 4.93. The number of allylic oxidation sites excluding steroid dienone is 1. The Balaban J connectivity index is 2.94. The fourth-order valence-electron chi connectivity index (χ4n) is 1.50. The molecule has 14 heavy (non-hydrogen) atoms. The number of hydrogen-bond acceptors (Lipinski definition) is 3. The Morgan fingerprint density at radius 3 is 3.00 bits per heavy atom. The number of aliphatic hydroxyl groups excluding tert-OH is 1. The second kappa shape index (κ2) is 3.96. The molecule has 0 amide bonds. The molecule has 0 spiro atoms. The van der Waals surface area contributed by atoms with Crippen LogP contribution in [0.2, 0.25) is 0 Å². The first-order valence-electron chi connectivity index (χ1n) is 4.73. The fourth-order valence-corrected chi connectivity index (χ4v) is 1.50. The monoisotopic (exact) mass is 196 g/mol. The van der Waals surface area contributed by atoms with Crippen LogP contribution in [0.4, 0.5) is 0 Å². The third-order valence-corrected chi connectivity index (χ3v) is 2.71. The standard InChI is InChI=1S/C11H16O3/c1-4-14-10(13)11(3)8(2)6-5-7-9(11)12/h5,7,9,12H,2,4,6H2,1,3H3/t9-,11+/m1/s1. The first-order valence-corrected chi connectivity index (χ1v) is 4.73. The van der Waals surface area contributed by atoms with Crippen LogP contribution in [0.3, 0.4) is 0 Å². The van der Waals surface area contributed by atoms with E-state index in [1.165, 1.54) is 0 Å². The molecule has 1 N–H and O–H groups in total. The van der Waals surface area contributed by atoms with Crippen molar-refractivity contribution < 1.29 is 14.6 Å². The number of ether oxygens (including phenoxy) is 1. The Hall–Kier alpha value is -1.09. The largest absolute Gasteiger partial charge is 0.465 e. The van der Waals surface area contributed by atoms with E-state index in [9.17, 15) is 9.90 Å². The van der Waals surface area contributed by atoms with Crippen LogP contribution in [0.15, 0.2) is 24.3 Å². The molecule has 0 aromatic rings. The van der Waals surface area contributed by atoms with Crippen LogP contribution >= 0.6 is 0 Å². The van der Waals surface area contributed by atoms with Crippen LogP contribution in [-0.4, -0.2) is 23.8 Å². The van der Waals surface area contributed by atoms with Crippen LogP contribution < -0.4 is 0 Å². The van der Waals surface area contributed by atoms with Crippen LogP contribution in [0.1, 0.15) is 20.3 Å². The Kier molecular flexibility index (Phi) is 3.11. The number of hydrogen-bond donors (Lipinski definition) is 1. The van der Waals surface area contributed by atoms with E-state index in [0.717, 1.165) is 0 Å². The lowest BCUT2D eigenvalue weighted by atomic mass is 9.73. The van der Waals surface area contributed by atoms with Gasteiger partial charge < -0.3 is 9.84 Å². The Morgan fingerprint density at radius 1 is 1.86 bits per heavy atom. The Labute approximate surface area is 84.1 Å². The van der Waals surface area contributed by atoms with Gasteiger partial charge >= 0.3 is 5.97 Å². The quantitative estimate of drug-likeness (QED) is 0.537. The van der Waals surface area contributed by atoms with Gasteiger partial charge in [-0.25, -0.2) is 0 Å². The molecular weight excluding hydrogens is 180 g/mol. The molecular formula is C11H16O3. The molecule has 0 saturated carbocycles. The molecule has 2 atom stereocenters. The van der Waals surface area contributed by atoms with Crippen LogP contribution in [-0.2, 0) is 9.53 Å². The van der Waals surface area contributed by atoms with Gasteiger partial charge in [0.25, 0.3) is 0 Å². The summed E-state index contributed by atoms with van der Waals surface area (Å²) in [6.07, 6.45) is 3.22. The van der Waals surface area contributed by atoms with Gasteiger partial charge in [-0.3, -0.25) is 4.79 Å². The molecule has 0 radical (unpaired) electrons. The first-order chi connectivity index (χ1) is 6.53. The number of aliphatic hydroxyl groups is 1. The molecule has 1 rings (SSSR count). The summed E-state index contributed by atoms with van der Waals surface area (Å²) in [7, 11) is 0. The van der Waals surface area contributed by atoms with Gasteiger partial charge in [-0.05, 0) is 20.3 Å². The highest BCUT2D eigenvalue weighted by molar-refractivity contribution is 5.81. The van der Waals surface area contributed by atoms with Gasteiger partial charge in [-0.2, -0.15) is 0 Å². The highest BCUT2D eigenvalue weighted by Crippen LogP contribution is 2.37. The highest BCUT2D eigenvalue weighted by Gasteiger charge is 2.44. The van der Waals surface area contributed by atoms with Gasteiger partial charge in [-0.15, -0.1) is 0 Å². The predicted molar refractivity (Wildman–Crippen MR) is 53.6 cm³/mol. The summed E-state index contributed by atoms with van der Waals surface area (Å²) in [5, 5.41) is 9.75. The number of carbonyl (C=O) groups excluding carboxylic acids is 1. The second-order valence-electron chi connectivity index (χ2n) is 3.60. The third kappa shape index (κ3) is 1.60. The van der Waals surface area contributed by atoms with Gasteiger partial charge in [0, 0.05) is 0 Å². The molecule has 0 fully saturated rings. The SMILES string of the molecule is C=C1CC=C[C@@H](O)[C@@]1(C)C(=O)OCC. The maximum absolute atomic E-state index is 11.7. The van der Waals surface area contributed by atoms with Crippen molar-refractivity contribution in [2.45, 2.75) is 26.4 Å². The molecule has 0 heterocycles. The molecule has 0 aromatic heterocycles. The molecule has 3 nitrogen and oxygen atoms in total. The van der Waals surface area contributed by atoms with Crippen molar-refractivity contribution in [3.05, 3.63) is 24.3 Å². The van der Waals surface area contributed by atoms with E-state index in [0.29, 0.717) is 18.6 Å². The van der Waals surface area contributed by atoms with E-state index in [4.69, 9.17) is 4.74 Å². The minimum absolute atomic E-state index is 0.318. The van der Waals surface area contributed by atoms with Crippen molar-refractivity contribution in [3.8, 4) is 0 Å². The van der Waals surface area contributed by atoms with Crippen LogP contribution in [0, 0.1) is 5.41 Å². The topological polar surface area (TPSA) is 46.5 Å². The molecule has 0 aliphatic heterocycles. The van der Waals surface area contributed by atoms with Crippen molar-refractivity contribution >= 4 is 5.97 Å². The molecule has 0 aromatic carbocycles. The van der Waals surface area contributed by atoms with Gasteiger partial charge in [0.15, 0.2) is 0 Å². The average molecular weight is 196 g/mol. The lowest BCUT2D eigenvalue weighted by molar-refractivity contribution is -0.156.